The molecule has 4 nitrogen and oxygen atoms in total. The van der Waals surface area contributed by atoms with E-state index in [0.29, 0.717) is 0 Å². The van der Waals surface area contributed by atoms with Crippen LogP contribution in [0.1, 0.15) is 37.8 Å². The summed E-state index contributed by atoms with van der Waals surface area (Å²) in [5.74, 6) is 0.778. The summed E-state index contributed by atoms with van der Waals surface area (Å²) in [6.45, 7) is 13.2. The molecule has 0 aliphatic carbocycles. The lowest BCUT2D eigenvalue weighted by atomic mass is 10.1. The molecule has 1 aliphatic heterocycles. The molecule has 0 spiro atoms. The van der Waals surface area contributed by atoms with Crippen LogP contribution in [0.3, 0.4) is 0 Å². The van der Waals surface area contributed by atoms with Crippen LogP contribution < -0.4 is 10.2 Å². The van der Waals surface area contributed by atoms with E-state index in [4.69, 9.17) is 4.98 Å². The third-order valence-electron chi connectivity index (χ3n) is 4.01. The second-order valence-corrected chi connectivity index (χ2v) is 8.47. The molecule has 0 aromatic carbocycles. The van der Waals surface area contributed by atoms with Crippen LogP contribution in [0.5, 0.6) is 0 Å². The van der Waals surface area contributed by atoms with Gasteiger partial charge < -0.3 is 15.1 Å². The van der Waals surface area contributed by atoms with Crippen LogP contribution in [0.25, 0.3) is 0 Å². The van der Waals surface area contributed by atoms with Crippen molar-refractivity contribution in [1.29, 1.82) is 0 Å². The first kappa shape index (κ1) is 16.7. The van der Waals surface area contributed by atoms with E-state index in [1.54, 1.807) is 0 Å². The van der Waals surface area contributed by atoms with E-state index >= 15 is 0 Å². The van der Waals surface area contributed by atoms with Gasteiger partial charge >= 0.3 is 0 Å². The fourth-order valence-corrected chi connectivity index (χ4v) is 3.70. The van der Waals surface area contributed by atoms with Crippen LogP contribution in [-0.4, -0.2) is 49.2 Å². The molecule has 1 fully saturated rings. The number of hydrogen-bond acceptors (Lipinski definition) is 5. The minimum Gasteiger partial charge on any atom is -0.351 e. The monoisotopic (exact) mass is 310 g/mol. The Bertz CT molecular complexity index is 463. The highest BCUT2D eigenvalue weighted by molar-refractivity contribution is 7.15. The molecule has 0 bridgehead atoms. The van der Waals surface area contributed by atoms with E-state index in [-0.39, 0.29) is 5.54 Å². The molecule has 5 heteroatoms. The van der Waals surface area contributed by atoms with Crippen molar-refractivity contribution in [2.24, 2.45) is 5.92 Å². The van der Waals surface area contributed by atoms with E-state index in [1.165, 1.54) is 30.1 Å². The van der Waals surface area contributed by atoms with Crippen LogP contribution in [0.15, 0.2) is 0 Å². The van der Waals surface area contributed by atoms with Gasteiger partial charge in [0.15, 0.2) is 5.13 Å². The molecule has 1 aliphatic rings. The van der Waals surface area contributed by atoms with Crippen molar-refractivity contribution in [1.82, 2.24) is 15.2 Å². The van der Waals surface area contributed by atoms with Gasteiger partial charge in [-0.25, -0.2) is 4.98 Å². The molecule has 120 valence electrons. The maximum Gasteiger partial charge on any atom is 0.185 e. The molecule has 21 heavy (non-hydrogen) atoms. The predicted octanol–water partition coefficient (Wildman–Crippen LogP) is 2.73. The van der Waals surface area contributed by atoms with Gasteiger partial charge in [0.05, 0.1) is 5.69 Å². The Kier molecular flexibility index (Phi) is 5.28. The lowest BCUT2D eigenvalue weighted by molar-refractivity contribution is 0.396. The van der Waals surface area contributed by atoms with Gasteiger partial charge in [-0.05, 0) is 53.6 Å². The molecular formula is C16H30N4S. The fourth-order valence-electron chi connectivity index (χ4n) is 2.73. The Balaban J connectivity index is 1.94. The van der Waals surface area contributed by atoms with Crippen LogP contribution in [0.2, 0.25) is 0 Å². The highest BCUT2D eigenvalue weighted by Crippen LogP contribution is 2.27. The third kappa shape index (κ3) is 4.94. The molecule has 0 amide bonds. The summed E-state index contributed by atoms with van der Waals surface area (Å²) in [7, 11) is 4.39. The van der Waals surface area contributed by atoms with Crippen molar-refractivity contribution in [2.45, 2.75) is 46.2 Å². The molecule has 1 atom stereocenters. The maximum absolute atomic E-state index is 4.76. The van der Waals surface area contributed by atoms with Crippen LogP contribution in [-0.2, 0) is 6.54 Å². The zero-order valence-corrected chi connectivity index (χ0v) is 15.2. The second kappa shape index (κ2) is 6.63. The fraction of sp³-hybridized carbons (Fsp3) is 0.812. The summed E-state index contributed by atoms with van der Waals surface area (Å²) in [5, 5.41) is 4.72. The molecule has 1 unspecified atom stereocenters. The van der Waals surface area contributed by atoms with Crippen molar-refractivity contribution in [3.8, 4) is 0 Å². The first-order chi connectivity index (χ1) is 9.74. The van der Waals surface area contributed by atoms with E-state index < -0.39 is 0 Å². The number of nitrogens with zero attached hydrogens (tertiary/aromatic N) is 3. The van der Waals surface area contributed by atoms with Crippen LogP contribution in [0.4, 0.5) is 5.13 Å². The summed E-state index contributed by atoms with van der Waals surface area (Å²) < 4.78 is 0. The third-order valence-corrected chi connectivity index (χ3v) is 5.28. The number of likely N-dealkylation sites (tertiary alicyclic amines) is 1. The quantitative estimate of drug-likeness (QED) is 0.906. The Morgan fingerprint density at radius 1 is 1.43 bits per heavy atom. The van der Waals surface area contributed by atoms with Crippen molar-refractivity contribution in [3.63, 3.8) is 0 Å². The van der Waals surface area contributed by atoms with E-state index in [1.807, 2.05) is 11.3 Å². The zero-order chi connectivity index (χ0) is 15.6. The van der Waals surface area contributed by atoms with Crippen molar-refractivity contribution in [3.05, 3.63) is 10.6 Å². The van der Waals surface area contributed by atoms with Gasteiger partial charge in [-0.15, -0.1) is 11.3 Å². The maximum atomic E-state index is 4.76. The predicted molar refractivity (Wildman–Crippen MR) is 92.3 cm³/mol. The topological polar surface area (TPSA) is 31.4 Å². The molecule has 0 radical (unpaired) electrons. The molecular weight excluding hydrogens is 280 g/mol. The van der Waals surface area contributed by atoms with E-state index in [2.05, 4.69) is 56.9 Å². The minimum atomic E-state index is 0.150. The van der Waals surface area contributed by atoms with Gasteiger partial charge in [0.2, 0.25) is 0 Å². The summed E-state index contributed by atoms with van der Waals surface area (Å²) >= 11 is 1.83. The molecule has 1 saturated heterocycles. The lowest BCUT2D eigenvalue weighted by Crippen LogP contribution is -2.34. The number of aromatic nitrogens is 1. The molecule has 1 N–H and O–H groups in total. The van der Waals surface area contributed by atoms with E-state index in [9.17, 15) is 0 Å². The van der Waals surface area contributed by atoms with Crippen molar-refractivity contribution in [2.75, 3.05) is 38.6 Å². The Morgan fingerprint density at radius 2 is 2.14 bits per heavy atom. The SMILES string of the molecule is Cc1nc(N(C)CC2CCN(C)C2)sc1CNC(C)(C)C. The first-order valence-corrected chi connectivity index (χ1v) is 8.67. The zero-order valence-electron chi connectivity index (χ0n) is 14.4. The number of aryl methyl sites for hydroxylation is 1. The van der Waals surface area contributed by atoms with Crippen molar-refractivity contribution < 1.29 is 0 Å². The van der Waals surface area contributed by atoms with Gasteiger partial charge in [0.25, 0.3) is 0 Å². The van der Waals surface area contributed by atoms with Gasteiger partial charge in [-0.3, -0.25) is 0 Å². The number of thiazole rings is 1. The average molecular weight is 311 g/mol. The Morgan fingerprint density at radius 3 is 2.71 bits per heavy atom. The normalized spacial score (nSPS) is 20.2. The van der Waals surface area contributed by atoms with E-state index in [0.717, 1.165) is 24.1 Å². The summed E-state index contributed by atoms with van der Waals surface area (Å²) in [6.07, 6.45) is 1.31. The van der Waals surface area contributed by atoms with Gasteiger partial charge in [-0.2, -0.15) is 0 Å². The molecule has 1 aromatic heterocycles. The second-order valence-electron chi connectivity index (χ2n) is 7.41. The number of hydrogen-bond donors (Lipinski definition) is 1. The average Bonchev–Trinajstić information content (AvgIpc) is 2.92. The highest BCUT2D eigenvalue weighted by atomic mass is 32.1. The summed E-state index contributed by atoms with van der Waals surface area (Å²) in [4.78, 5) is 10.9. The molecule has 2 heterocycles. The standard InChI is InChI=1S/C16H30N4S/c1-12-14(9-17-16(2,3)4)21-15(18-12)20(6)11-13-7-8-19(5)10-13/h13,17H,7-11H2,1-6H3. The lowest BCUT2D eigenvalue weighted by Gasteiger charge is -2.20. The Labute approximate surface area is 133 Å². The summed E-state index contributed by atoms with van der Waals surface area (Å²) in [6, 6.07) is 0. The minimum absolute atomic E-state index is 0.150. The van der Waals surface area contributed by atoms with Crippen LogP contribution in [0, 0.1) is 12.8 Å². The smallest absolute Gasteiger partial charge is 0.185 e. The first-order valence-electron chi connectivity index (χ1n) is 7.85. The molecule has 2 rings (SSSR count). The van der Waals surface area contributed by atoms with Crippen LogP contribution >= 0.6 is 11.3 Å². The molecule has 0 saturated carbocycles. The largest absolute Gasteiger partial charge is 0.351 e. The Hall–Kier alpha value is -0.650. The van der Waals surface area contributed by atoms with Crippen molar-refractivity contribution >= 4 is 16.5 Å². The highest BCUT2D eigenvalue weighted by Gasteiger charge is 2.22. The van der Waals surface area contributed by atoms with Gasteiger partial charge in [-0.1, -0.05) is 0 Å². The number of anilines is 1. The number of rotatable bonds is 5. The molecule has 1 aromatic rings. The van der Waals surface area contributed by atoms with Gasteiger partial charge in [0, 0.05) is 37.1 Å². The number of nitrogens with one attached hydrogen (secondary N) is 1. The van der Waals surface area contributed by atoms with Gasteiger partial charge in [0.1, 0.15) is 0 Å². The summed E-state index contributed by atoms with van der Waals surface area (Å²) in [5.41, 5.74) is 1.32.